The molecule has 0 spiro atoms. The third-order valence-electron chi connectivity index (χ3n) is 4.93. The van der Waals surface area contributed by atoms with Crippen molar-refractivity contribution in [3.05, 3.63) is 46.7 Å². The van der Waals surface area contributed by atoms with E-state index in [1.165, 1.54) is 6.07 Å². The molecule has 0 radical (unpaired) electrons. The molecule has 0 saturated carbocycles. The van der Waals surface area contributed by atoms with Gasteiger partial charge in [0.1, 0.15) is 11.5 Å². The highest BCUT2D eigenvalue weighted by atomic mass is 35.5. The Balaban J connectivity index is 1.62. The Hall–Kier alpha value is -2.31. The molecule has 1 amide bonds. The summed E-state index contributed by atoms with van der Waals surface area (Å²) in [5.41, 5.74) is 0.715. The molecule has 28 heavy (non-hydrogen) atoms. The molecule has 0 aliphatic carbocycles. The fraction of sp³-hybridized carbons (Fsp3) is 0.429. The Labute approximate surface area is 169 Å². The maximum Gasteiger partial charge on any atom is 0.337 e. The predicted octanol–water partition coefficient (Wildman–Crippen LogP) is 4.03. The van der Waals surface area contributed by atoms with Crippen molar-refractivity contribution >= 4 is 23.5 Å². The average molecular weight is 405 g/mol. The summed E-state index contributed by atoms with van der Waals surface area (Å²) in [6.45, 7) is 5.94. The summed E-state index contributed by atoms with van der Waals surface area (Å²) in [5, 5.41) is 12.9. The van der Waals surface area contributed by atoms with E-state index in [-0.39, 0.29) is 28.5 Å². The van der Waals surface area contributed by atoms with E-state index < -0.39 is 5.97 Å². The summed E-state index contributed by atoms with van der Waals surface area (Å²) in [6.07, 6.45) is 2.01. The van der Waals surface area contributed by atoms with Crippen LogP contribution in [0.25, 0.3) is 11.3 Å². The Morgan fingerprint density at radius 1 is 1.32 bits per heavy atom. The van der Waals surface area contributed by atoms with E-state index in [1.807, 2.05) is 30.9 Å². The lowest BCUT2D eigenvalue weighted by Gasteiger charge is -2.34. The van der Waals surface area contributed by atoms with Crippen LogP contribution >= 0.6 is 11.6 Å². The fourth-order valence-corrected chi connectivity index (χ4v) is 3.62. The maximum absolute atomic E-state index is 12.2. The molecule has 2 heterocycles. The molecule has 2 aromatic rings. The summed E-state index contributed by atoms with van der Waals surface area (Å²) in [4.78, 5) is 25.4. The van der Waals surface area contributed by atoms with Crippen LogP contribution in [0, 0.1) is 5.92 Å². The topological polar surface area (TPSA) is 82.8 Å². The summed E-state index contributed by atoms with van der Waals surface area (Å²) in [6, 6.07) is 8.74. The van der Waals surface area contributed by atoms with E-state index >= 15 is 0 Å². The second-order valence-corrected chi connectivity index (χ2v) is 7.83. The molecule has 1 fully saturated rings. The number of benzene rings is 1. The number of hydrogen-bond donors (Lipinski definition) is 2. The molecule has 6 nitrogen and oxygen atoms in total. The van der Waals surface area contributed by atoms with Gasteiger partial charge in [-0.3, -0.25) is 4.79 Å². The van der Waals surface area contributed by atoms with Gasteiger partial charge < -0.3 is 19.7 Å². The lowest BCUT2D eigenvalue weighted by atomic mass is 10.0. The van der Waals surface area contributed by atoms with Gasteiger partial charge in [0.2, 0.25) is 5.91 Å². The van der Waals surface area contributed by atoms with Crippen molar-refractivity contribution < 1.29 is 19.1 Å². The van der Waals surface area contributed by atoms with Crippen LogP contribution in [0.2, 0.25) is 5.02 Å². The lowest BCUT2D eigenvalue weighted by molar-refractivity contribution is -0.135. The first-order valence-electron chi connectivity index (χ1n) is 9.49. The summed E-state index contributed by atoms with van der Waals surface area (Å²) < 4.78 is 5.87. The Bertz CT molecular complexity index is 862. The number of hydrogen-bond acceptors (Lipinski definition) is 4. The van der Waals surface area contributed by atoms with Crippen LogP contribution in [0.15, 0.2) is 34.7 Å². The molecule has 0 bridgehead atoms. The first-order valence-corrected chi connectivity index (χ1v) is 9.87. The summed E-state index contributed by atoms with van der Waals surface area (Å²) in [7, 11) is 0. The summed E-state index contributed by atoms with van der Waals surface area (Å²) >= 11 is 5.92. The van der Waals surface area contributed by atoms with E-state index in [2.05, 4.69) is 5.32 Å². The highest BCUT2D eigenvalue weighted by Gasteiger charge is 2.25. The first kappa shape index (κ1) is 20.4. The second-order valence-electron chi connectivity index (χ2n) is 7.42. The van der Waals surface area contributed by atoms with Gasteiger partial charge in [-0.25, -0.2) is 4.79 Å². The molecular weight excluding hydrogens is 380 g/mol. The van der Waals surface area contributed by atoms with Crippen LogP contribution in [-0.2, 0) is 11.3 Å². The number of furan rings is 1. The molecule has 1 aliphatic rings. The molecule has 1 aromatic carbocycles. The van der Waals surface area contributed by atoms with E-state index in [9.17, 15) is 14.7 Å². The number of carbonyl (C=O) groups is 2. The third-order valence-corrected chi connectivity index (χ3v) is 5.26. The van der Waals surface area contributed by atoms with Gasteiger partial charge in [0.05, 0.1) is 17.1 Å². The predicted molar refractivity (Wildman–Crippen MR) is 107 cm³/mol. The van der Waals surface area contributed by atoms with Crippen LogP contribution in [0.3, 0.4) is 0 Å². The molecule has 1 atom stereocenters. The van der Waals surface area contributed by atoms with Crippen molar-refractivity contribution in [3.63, 3.8) is 0 Å². The Morgan fingerprint density at radius 3 is 2.82 bits per heavy atom. The lowest BCUT2D eigenvalue weighted by Crippen LogP contribution is -2.48. The van der Waals surface area contributed by atoms with E-state index in [4.69, 9.17) is 16.0 Å². The zero-order valence-electron chi connectivity index (χ0n) is 16.1. The normalized spacial score (nSPS) is 17.1. The minimum atomic E-state index is -1.07. The number of carboxylic acid groups (broad SMARTS) is 1. The van der Waals surface area contributed by atoms with Crippen LogP contribution < -0.4 is 5.32 Å². The largest absolute Gasteiger partial charge is 0.478 e. The number of nitrogens with one attached hydrogen (secondary N) is 1. The fourth-order valence-electron chi connectivity index (χ4n) is 3.42. The number of nitrogens with zero attached hydrogens (tertiary/aromatic N) is 1. The number of carbonyl (C=O) groups excluding carboxylic acids is 1. The van der Waals surface area contributed by atoms with Gasteiger partial charge in [0.15, 0.2) is 0 Å². The number of rotatable bonds is 6. The molecule has 1 unspecified atom stereocenters. The van der Waals surface area contributed by atoms with E-state index in [0.29, 0.717) is 24.4 Å². The van der Waals surface area contributed by atoms with Crippen LogP contribution in [0.1, 0.15) is 42.8 Å². The van der Waals surface area contributed by atoms with Crippen molar-refractivity contribution in [2.75, 3.05) is 13.1 Å². The van der Waals surface area contributed by atoms with Crippen LogP contribution in [0.4, 0.5) is 0 Å². The quantitative estimate of drug-likeness (QED) is 0.759. The van der Waals surface area contributed by atoms with Gasteiger partial charge in [-0.1, -0.05) is 25.4 Å². The number of likely N-dealkylation sites (tertiary alicyclic amines) is 1. The Morgan fingerprint density at radius 2 is 2.11 bits per heavy atom. The number of halogens is 1. The van der Waals surface area contributed by atoms with Crippen molar-refractivity contribution in [3.8, 4) is 11.3 Å². The molecule has 1 aromatic heterocycles. The van der Waals surface area contributed by atoms with Gasteiger partial charge in [-0.15, -0.1) is 0 Å². The zero-order chi connectivity index (χ0) is 20.3. The highest BCUT2D eigenvalue weighted by Crippen LogP contribution is 2.27. The maximum atomic E-state index is 12.2. The minimum absolute atomic E-state index is 0.0152. The van der Waals surface area contributed by atoms with Crippen molar-refractivity contribution in [2.45, 2.75) is 39.3 Å². The van der Waals surface area contributed by atoms with Crippen molar-refractivity contribution in [1.82, 2.24) is 10.2 Å². The van der Waals surface area contributed by atoms with Gasteiger partial charge in [0.25, 0.3) is 0 Å². The van der Waals surface area contributed by atoms with Gasteiger partial charge >= 0.3 is 5.97 Å². The van der Waals surface area contributed by atoms with Gasteiger partial charge in [-0.05, 0) is 43.2 Å². The van der Waals surface area contributed by atoms with Gasteiger partial charge in [0, 0.05) is 30.6 Å². The van der Waals surface area contributed by atoms with Crippen molar-refractivity contribution in [2.24, 2.45) is 5.92 Å². The molecular formula is C21H25ClN2O4. The third kappa shape index (κ3) is 4.75. The standard InChI is InChI=1S/C21H25ClN2O4/c1-13(2)20(25)24-9-3-4-15(12-24)23-11-16-6-8-19(28-16)14-5-7-18(22)17(10-14)21(26)27/h5-8,10,13,15,23H,3-4,9,11-12H2,1-2H3,(H,26,27). The summed E-state index contributed by atoms with van der Waals surface area (Å²) in [5.74, 6) is 0.494. The van der Waals surface area contributed by atoms with E-state index in [1.54, 1.807) is 12.1 Å². The van der Waals surface area contributed by atoms with E-state index in [0.717, 1.165) is 25.1 Å². The first-order chi connectivity index (χ1) is 13.3. The van der Waals surface area contributed by atoms with Gasteiger partial charge in [-0.2, -0.15) is 0 Å². The highest BCUT2D eigenvalue weighted by molar-refractivity contribution is 6.33. The Kier molecular flexibility index (Phi) is 6.42. The number of carboxylic acids is 1. The molecule has 1 aliphatic heterocycles. The molecule has 150 valence electrons. The SMILES string of the molecule is CC(C)C(=O)N1CCCC(NCc2ccc(-c3ccc(Cl)c(C(=O)O)c3)o2)C1. The monoisotopic (exact) mass is 404 g/mol. The number of piperidine rings is 1. The van der Waals surface area contributed by atoms with Crippen LogP contribution in [-0.4, -0.2) is 41.0 Å². The number of aromatic carboxylic acids is 1. The smallest absolute Gasteiger partial charge is 0.337 e. The number of amides is 1. The van der Waals surface area contributed by atoms with Crippen LogP contribution in [0.5, 0.6) is 0 Å². The average Bonchev–Trinajstić information content (AvgIpc) is 3.15. The molecule has 2 N–H and O–H groups in total. The molecule has 7 heteroatoms. The zero-order valence-corrected chi connectivity index (χ0v) is 16.8. The van der Waals surface area contributed by atoms with Crippen molar-refractivity contribution in [1.29, 1.82) is 0 Å². The minimum Gasteiger partial charge on any atom is -0.478 e. The molecule has 1 saturated heterocycles. The second kappa shape index (κ2) is 8.80. The molecule has 3 rings (SSSR count).